The molecule has 3 N–H and O–H groups in total. The van der Waals surface area contributed by atoms with Gasteiger partial charge in [-0.3, -0.25) is 4.90 Å². The van der Waals surface area contributed by atoms with Crippen LogP contribution in [-0.4, -0.2) is 104 Å². The highest BCUT2D eigenvalue weighted by Crippen LogP contribution is 2.45. The number of nitrogens with zero attached hydrogens (tertiary/aromatic N) is 6. The molecule has 13 heteroatoms. The van der Waals surface area contributed by atoms with E-state index in [2.05, 4.69) is 48.4 Å². The van der Waals surface area contributed by atoms with Crippen LogP contribution in [0.1, 0.15) is 18.4 Å². The fourth-order valence-corrected chi connectivity index (χ4v) is 8.09. The molecule has 4 aromatic rings. The molecule has 0 saturated carbocycles. The molecule has 5 heterocycles. The van der Waals surface area contributed by atoms with Crippen LogP contribution >= 0.6 is 7.14 Å². The van der Waals surface area contributed by atoms with E-state index >= 15 is 0 Å². The Hall–Kier alpha value is -4.30. The number of anilines is 5. The van der Waals surface area contributed by atoms with Gasteiger partial charge in [-0.25, -0.2) is 0 Å². The van der Waals surface area contributed by atoms with Gasteiger partial charge in [-0.1, -0.05) is 12.1 Å². The van der Waals surface area contributed by atoms with Crippen molar-refractivity contribution in [1.29, 1.82) is 5.26 Å². The van der Waals surface area contributed by atoms with Gasteiger partial charge in [0.25, 0.3) is 0 Å². The number of benzene rings is 2. The monoisotopic (exact) mass is 641 g/mol. The van der Waals surface area contributed by atoms with Crippen molar-refractivity contribution in [2.24, 2.45) is 0 Å². The van der Waals surface area contributed by atoms with Crippen LogP contribution in [0, 0.1) is 11.3 Å². The van der Waals surface area contributed by atoms with E-state index < -0.39 is 7.14 Å². The molecule has 240 valence electrons. The third-order valence-corrected chi connectivity index (χ3v) is 11.0. The van der Waals surface area contributed by atoms with E-state index in [1.165, 1.54) is 0 Å². The van der Waals surface area contributed by atoms with Crippen molar-refractivity contribution in [3.8, 4) is 17.6 Å². The highest BCUT2D eigenvalue weighted by molar-refractivity contribution is 7.70. The van der Waals surface area contributed by atoms with Gasteiger partial charge in [-0.05, 0) is 45.4 Å². The molecule has 0 amide bonds. The van der Waals surface area contributed by atoms with Crippen LogP contribution in [-0.2, 0) is 4.57 Å². The minimum atomic E-state index is -2.60. The Bertz CT molecular complexity index is 1860. The number of methoxy groups -OCH3 is 1. The van der Waals surface area contributed by atoms with E-state index in [1.54, 1.807) is 26.6 Å². The van der Waals surface area contributed by atoms with E-state index in [1.807, 2.05) is 36.4 Å². The minimum Gasteiger partial charge on any atom is -0.494 e. The third kappa shape index (κ3) is 5.75. The molecular weight excluding hydrogens is 601 g/mol. The zero-order valence-corrected chi connectivity index (χ0v) is 27.6. The summed E-state index contributed by atoms with van der Waals surface area (Å²) in [5.74, 6) is 2.16. The lowest BCUT2D eigenvalue weighted by atomic mass is 9.93. The number of hydrogen-bond donors (Lipinski definition) is 3. The van der Waals surface area contributed by atoms with Gasteiger partial charge < -0.3 is 39.5 Å². The zero-order valence-electron chi connectivity index (χ0n) is 26.7. The van der Waals surface area contributed by atoms with Gasteiger partial charge in [0.05, 0.1) is 41.2 Å². The first-order valence-electron chi connectivity index (χ1n) is 15.7. The summed E-state index contributed by atoms with van der Waals surface area (Å²) in [5.41, 5.74) is 3.26. The van der Waals surface area contributed by atoms with Gasteiger partial charge in [0.15, 0.2) is 0 Å². The number of piperazine rings is 1. The van der Waals surface area contributed by atoms with Crippen molar-refractivity contribution >= 4 is 52.3 Å². The minimum absolute atomic E-state index is 0.301. The fraction of sp³-hybridized carbons (Fsp3) is 0.424. The van der Waals surface area contributed by atoms with Crippen LogP contribution in [0.5, 0.6) is 11.5 Å². The number of aromatic amines is 1. The van der Waals surface area contributed by atoms with Crippen molar-refractivity contribution in [1.82, 2.24) is 24.8 Å². The Morgan fingerprint density at radius 3 is 2.63 bits per heavy atom. The molecule has 3 aliphatic rings. The van der Waals surface area contributed by atoms with Crippen molar-refractivity contribution < 1.29 is 14.0 Å². The van der Waals surface area contributed by atoms with Crippen LogP contribution in [0.25, 0.3) is 11.0 Å². The normalized spacial score (nSPS) is 20.4. The average molecular weight is 642 g/mol. The largest absolute Gasteiger partial charge is 0.494 e. The summed E-state index contributed by atoms with van der Waals surface area (Å²) in [6.07, 6.45) is 3.83. The number of ether oxygens (including phenoxy) is 2. The highest BCUT2D eigenvalue weighted by atomic mass is 31.2. The highest BCUT2D eigenvalue weighted by Gasteiger charge is 2.37. The summed E-state index contributed by atoms with van der Waals surface area (Å²) in [4.78, 5) is 20.1. The second-order valence-electron chi connectivity index (χ2n) is 12.7. The summed E-state index contributed by atoms with van der Waals surface area (Å²) >= 11 is 0. The van der Waals surface area contributed by atoms with Crippen molar-refractivity contribution in [3.63, 3.8) is 0 Å². The second kappa shape index (κ2) is 12.1. The summed E-state index contributed by atoms with van der Waals surface area (Å²) in [7, 11) is 1.25. The van der Waals surface area contributed by atoms with E-state index in [0.29, 0.717) is 69.5 Å². The van der Waals surface area contributed by atoms with E-state index in [9.17, 15) is 9.83 Å². The SMILES string of the molecule is COc1cc2c(cc1Nc1nc(Nc3ccccc3P(C)(C)=O)c3c(C#N)c[nH]c3n1)OC[C@H]1C[C@H](N3CCN(C)CC3)CCN21. The molecular formula is C33H40N9O3P. The van der Waals surface area contributed by atoms with Gasteiger partial charge in [0, 0.05) is 62.4 Å². The molecule has 2 aromatic carbocycles. The van der Waals surface area contributed by atoms with E-state index in [4.69, 9.17) is 14.5 Å². The van der Waals surface area contributed by atoms with Crippen molar-refractivity contribution in [3.05, 3.63) is 48.2 Å². The maximum absolute atomic E-state index is 13.1. The van der Waals surface area contributed by atoms with Gasteiger partial charge >= 0.3 is 0 Å². The molecule has 2 atom stereocenters. The number of H-pyrrole nitrogens is 1. The Morgan fingerprint density at radius 2 is 1.87 bits per heavy atom. The molecule has 0 aliphatic carbocycles. The number of aromatic nitrogens is 3. The average Bonchev–Trinajstić information content (AvgIpc) is 3.47. The van der Waals surface area contributed by atoms with Crippen LogP contribution in [0.4, 0.5) is 28.8 Å². The summed E-state index contributed by atoms with van der Waals surface area (Å²) in [6.45, 7) is 9.58. The van der Waals surface area contributed by atoms with Gasteiger partial charge in [0.2, 0.25) is 5.95 Å². The fourth-order valence-electron chi connectivity index (χ4n) is 6.93. The molecule has 2 aromatic heterocycles. The number of rotatable bonds is 7. The molecule has 3 aliphatic heterocycles. The molecule has 2 saturated heterocycles. The molecule has 12 nitrogen and oxygen atoms in total. The van der Waals surface area contributed by atoms with E-state index in [-0.39, 0.29) is 0 Å². The number of likely N-dealkylation sites (N-methyl/N-ethyl adjacent to an activating group) is 1. The Balaban J connectivity index is 1.17. The number of para-hydroxylation sites is 1. The number of piperidine rings is 1. The Kier molecular flexibility index (Phi) is 8.01. The first-order chi connectivity index (χ1) is 22.2. The number of hydrogen-bond acceptors (Lipinski definition) is 11. The van der Waals surface area contributed by atoms with Gasteiger partial charge in [0.1, 0.15) is 42.8 Å². The zero-order chi connectivity index (χ0) is 32.0. The van der Waals surface area contributed by atoms with Crippen LogP contribution < -0.4 is 30.3 Å². The summed E-state index contributed by atoms with van der Waals surface area (Å²) < 4.78 is 25.3. The molecule has 7 rings (SSSR count). The number of nitriles is 1. The van der Waals surface area contributed by atoms with Crippen LogP contribution in [0.3, 0.4) is 0 Å². The van der Waals surface area contributed by atoms with Crippen LogP contribution in [0.15, 0.2) is 42.6 Å². The first-order valence-corrected chi connectivity index (χ1v) is 18.3. The first kappa shape index (κ1) is 30.4. The van der Waals surface area contributed by atoms with Crippen molar-refractivity contribution in [2.45, 2.75) is 24.9 Å². The van der Waals surface area contributed by atoms with E-state index in [0.717, 1.165) is 57.0 Å². The lowest BCUT2D eigenvalue weighted by Crippen LogP contribution is -2.57. The predicted octanol–water partition coefficient (Wildman–Crippen LogP) is 4.55. The van der Waals surface area contributed by atoms with Crippen molar-refractivity contribution in [2.75, 3.05) is 82.4 Å². The lowest BCUT2D eigenvalue weighted by Gasteiger charge is -2.48. The maximum Gasteiger partial charge on any atom is 0.231 e. The maximum atomic E-state index is 13.1. The summed E-state index contributed by atoms with van der Waals surface area (Å²) in [5, 5.41) is 17.7. The molecule has 2 fully saturated rings. The number of nitrogens with one attached hydrogen (secondary N) is 3. The molecule has 0 bridgehead atoms. The summed E-state index contributed by atoms with van der Waals surface area (Å²) in [6, 6.07) is 14.6. The van der Waals surface area contributed by atoms with Gasteiger partial charge in [-0.15, -0.1) is 0 Å². The number of fused-ring (bicyclic) bond motifs is 4. The molecule has 0 unspecified atom stereocenters. The Morgan fingerprint density at radius 1 is 1.07 bits per heavy atom. The molecule has 0 radical (unpaired) electrons. The Labute approximate surface area is 269 Å². The molecule has 46 heavy (non-hydrogen) atoms. The topological polar surface area (TPSA) is 135 Å². The standard InChI is InChI=1S/C33H40N9O3P/c1-40-11-13-41(14-12-40)22-9-10-42-23(15-22)20-45-28-16-25(27(44-2)17-26(28)42)37-33-38-31-30(21(18-34)19-35-31)32(39-33)36-24-7-5-6-8-29(24)46(3,4)43/h5-8,16-17,19,22-23H,9-15,20H2,1-4H3,(H3,35,36,37,38,39)/t22-,23-/m1/s1. The second-order valence-corrected chi connectivity index (χ2v) is 15.9. The smallest absolute Gasteiger partial charge is 0.231 e. The third-order valence-electron chi connectivity index (χ3n) is 9.40. The van der Waals surface area contributed by atoms with Crippen LogP contribution in [0.2, 0.25) is 0 Å². The van der Waals surface area contributed by atoms with Gasteiger partial charge in [-0.2, -0.15) is 15.2 Å². The quantitative estimate of drug-likeness (QED) is 0.245. The molecule has 0 spiro atoms. The lowest BCUT2D eigenvalue weighted by molar-refractivity contribution is 0.0822. The predicted molar refractivity (Wildman–Crippen MR) is 182 cm³/mol.